The molecule has 0 N–H and O–H groups in total. The normalized spacial score (nSPS) is 11.6. The molecule has 0 amide bonds. The minimum atomic E-state index is 0.866. The molecule has 12 aromatic rings. The largest absolute Gasteiger partial charge is 0.309 e. The van der Waals surface area contributed by atoms with E-state index in [9.17, 15) is 0 Å². The van der Waals surface area contributed by atoms with E-state index in [1.165, 1.54) is 71.5 Å². The Morgan fingerprint density at radius 3 is 1.33 bits per heavy atom. The molecule has 3 heteroatoms. The van der Waals surface area contributed by atoms with Crippen molar-refractivity contribution in [2.75, 3.05) is 0 Å². The lowest BCUT2D eigenvalue weighted by molar-refractivity contribution is 1.18. The van der Waals surface area contributed by atoms with Crippen molar-refractivity contribution < 1.29 is 0 Å². The smallest absolute Gasteiger partial charge is 0.0979 e. The zero-order valence-corrected chi connectivity index (χ0v) is 33.2. The summed E-state index contributed by atoms with van der Waals surface area (Å²) < 4.78 is 2.38. The van der Waals surface area contributed by atoms with E-state index >= 15 is 0 Å². The second-order valence-corrected chi connectivity index (χ2v) is 15.8. The van der Waals surface area contributed by atoms with Gasteiger partial charge in [-0.25, -0.2) is 4.98 Å². The standard InChI is InChI=1S/C58H37N3/c1-2-19-47(20-3-1)61-55-26-9-8-23-50(55)51-32-31-46(36-56(51)61)45-18-12-17-44(35-45)43-16-11-15-42(34-43)41-14-10-13-40(33-41)38-27-29-39(30-28-38)54-37-59-57-52-24-6-4-21-48(52)49-22-5-7-25-53(49)58(57)60-54/h1-37H. The zero-order valence-electron chi connectivity index (χ0n) is 33.2. The highest BCUT2D eigenvalue weighted by Gasteiger charge is 2.15. The fourth-order valence-electron chi connectivity index (χ4n) is 9.24. The summed E-state index contributed by atoms with van der Waals surface area (Å²) in [6.07, 6.45) is 1.91. The Balaban J connectivity index is 0.849. The number of rotatable bonds is 6. The van der Waals surface area contributed by atoms with Crippen molar-refractivity contribution in [2.45, 2.75) is 0 Å². The lowest BCUT2D eigenvalue weighted by Crippen LogP contribution is -1.93. The number of para-hydroxylation sites is 2. The van der Waals surface area contributed by atoms with E-state index in [1.807, 2.05) is 6.20 Å². The highest BCUT2D eigenvalue weighted by Crippen LogP contribution is 2.38. The summed E-state index contributed by atoms with van der Waals surface area (Å²) in [5.41, 5.74) is 16.8. The van der Waals surface area contributed by atoms with Gasteiger partial charge in [0.1, 0.15) is 0 Å². The Bertz CT molecular complexity index is 3600. The van der Waals surface area contributed by atoms with Gasteiger partial charge in [0.25, 0.3) is 0 Å². The molecule has 10 aromatic carbocycles. The summed E-state index contributed by atoms with van der Waals surface area (Å²) in [5, 5.41) is 7.17. The van der Waals surface area contributed by atoms with Crippen LogP contribution < -0.4 is 0 Å². The van der Waals surface area contributed by atoms with Crippen LogP contribution in [0, 0.1) is 0 Å². The molecule has 0 bridgehead atoms. The topological polar surface area (TPSA) is 30.7 Å². The van der Waals surface area contributed by atoms with Gasteiger partial charge in [-0.1, -0.05) is 176 Å². The molecule has 2 aromatic heterocycles. The summed E-state index contributed by atoms with van der Waals surface area (Å²) in [5.74, 6) is 0. The maximum Gasteiger partial charge on any atom is 0.0979 e. The summed E-state index contributed by atoms with van der Waals surface area (Å²) in [4.78, 5) is 10.2. The first-order valence-corrected chi connectivity index (χ1v) is 20.8. The Morgan fingerprint density at radius 2 is 0.721 bits per heavy atom. The van der Waals surface area contributed by atoms with Gasteiger partial charge in [-0.2, -0.15) is 0 Å². The van der Waals surface area contributed by atoms with Gasteiger partial charge >= 0.3 is 0 Å². The Labute approximate surface area is 353 Å². The summed E-state index contributed by atoms with van der Waals surface area (Å²) in [7, 11) is 0. The molecule has 3 nitrogen and oxygen atoms in total. The predicted octanol–water partition coefficient (Wildman–Crippen LogP) is 15.4. The number of aromatic nitrogens is 3. The second kappa shape index (κ2) is 14.3. The van der Waals surface area contributed by atoms with Gasteiger partial charge in [-0.15, -0.1) is 0 Å². The molecular formula is C58H37N3. The van der Waals surface area contributed by atoms with Crippen molar-refractivity contribution in [1.29, 1.82) is 0 Å². The lowest BCUT2D eigenvalue weighted by Gasteiger charge is -2.11. The first kappa shape index (κ1) is 34.9. The Morgan fingerprint density at radius 1 is 0.279 bits per heavy atom. The van der Waals surface area contributed by atoms with Crippen LogP contribution in [0.3, 0.4) is 0 Å². The average Bonchev–Trinajstić information content (AvgIpc) is 3.68. The fraction of sp³-hybridized carbons (Fsp3) is 0. The van der Waals surface area contributed by atoms with Crippen LogP contribution in [0.2, 0.25) is 0 Å². The van der Waals surface area contributed by atoms with Crippen molar-refractivity contribution in [3.8, 4) is 61.5 Å². The molecule has 0 saturated heterocycles. The first-order chi connectivity index (χ1) is 30.2. The maximum absolute atomic E-state index is 5.21. The van der Waals surface area contributed by atoms with Crippen LogP contribution in [0.1, 0.15) is 0 Å². The van der Waals surface area contributed by atoms with E-state index in [4.69, 9.17) is 9.97 Å². The minimum absolute atomic E-state index is 0.866. The van der Waals surface area contributed by atoms with Crippen LogP contribution in [-0.2, 0) is 0 Å². The maximum atomic E-state index is 5.21. The third kappa shape index (κ3) is 5.98. The first-order valence-electron chi connectivity index (χ1n) is 20.8. The molecule has 0 aliphatic carbocycles. The molecule has 61 heavy (non-hydrogen) atoms. The monoisotopic (exact) mass is 775 g/mol. The summed E-state index contributed by atoms with van der Waals surface area (Å²) in [6, 6.07) is 78.6. The van der Waals surface area contributed by atoms with E-state index < -0.39 is 0 Å². The number of benzene rings is 10. The molecule has 0 spiro atoms. The third-order valence-corrected chi connectivity index (χ3v) is 12.2. The van der Waals surface area contributed by atoms with Crippen LogP contribution in [0.25, 0.3) is 116 Å². The number of hydrogen-bond donors (Lipinski definition) is 0. The molecule has 0 aliphatic heterocycles. The predicted molar refractivity (Wildman–Crippen MR) is 256 cm³/mol. The molecule has 0 aliphatic rings. The molecule has 12 rings (SSSR count). The average molecular weight is 776 g/mol. The number of nitrogens with zero attached hydrogens (tertiary/aromatic N) is 3. The van der Waals surface area contributed by atoms with Gasteiger partial charge in [0, 0.05) is 32.8 Å². The highest BCUT2D eigenvalue weighted by molar-refractivity contribution is 6.23. The number of fused-ring (bicyclic) bond motifs is 9. The van der Waals surface area contributed by atoms with Crippen LogP contribution in [-0.4, -0.2) is 14.5 Å². The van der Waals surface area contributed by atoms with Crippen molar-refractivity contribution in [3.63, 3.8) is 0 Å². The van der Waals surface area contributed by atoms with Gasteiger partial charge in [0.05, 0.1) is 34.0 Å². The lowest BCUT2D eigenvalue weighted by atomic mass is 9.94. The summed E-state index contributed by atoms with van der Waals surface area (Å²) >= 11 is 0. The number of hydrogen-bond acceptors (Lipinski definition) is 2. The van der Waals surface area contributed by atoms with Crippen LogP contribution in [0.5, 0.6) is 0 Å². The molecule has 2 heterocycles. The van der Waals surface area contributed by atoms with Gasteiger partial charge in [-0.05, 0) is 97.7 Å². The molecule has 0 radical (unpaired) electrons. The Kier molecular flexibility index (Phi) is 8.17. The molecular weight excluding hydrogens is 739 g/mol. The molecule has 0 unspecified atom stereocenters. The van der Waals surface area contributed by atoms with Crippen molar-refractivity contribution in [2.24, 2.45) is 0 Å². The van der Waals surface area contributed by atoms with E-state index in [1.54, 1.807) is 0 Å². The molecule has 0 fully saturated rings. The minimum Gasteiger partial charge on any atom is -0.309 e. The van der Waals surface area contributed by atoms with Crippen LogP contribution in [0.4, 0.5) is 0 Å². The van der Waals surface area contributed by atoms with E-state index in [0.29, 0.717) is 0 Å². The van der Waals surface area contributed by atoms with E-state index in [0.717, 1.165) is 44.3 Å². The zero-order chi connectivity index (χ0) is 40.3. The van der Waals surface area contributed by atoms with Crippen molar-refractivity contribution in [3.05, 3.63) is 225 Å². The third-order valence-electron chi connectivity index (χ3n) is 12.2. The Hall–Kier alpha value is -8.14. The van der Waals surface area contributed by atoms with Crippen molar-refractivity contribution in [1.82, 2.24) is 14.5 Å². The second-order valence-electron chi connectivity index (χ2n) is 15.8. The molecule has 0 saturated carbocycles. The SMILES string of the molecule is c1ccc(-n2c3ccccc3c3ccc(-c4cccc(-c5cccc(-c6cccc(-c7ccc(-c8cnc9c%10ccccc%10c%10ccccc%10c9n8)cc7)c6)c5)c4)cc32)cc1. The van der Waals surface area contributed by atoms with Gasteiger partial charge in [-0.3, -0.25) is 4.98 Å². The van der Waals surface area contributed by atoms with Gasteiger partial charge in [0.15, 0.2) is 0 Å². The van der Waals surface area contributed by atoms with Crippen LogP contribution >= 0.6 is 0 Å². The molecule has 0 atom stereocenters. The fourth-order valence-corrected chi connectivity index (χ4v) is 9.24. The quantitative estimate of drug-likeness (QED) is 0.158. The van der Waals surface area contributed by atoms with Gasteiger partial charge in [0.2, 0.25) is 0 Å². The van der Waals surface area contributed by atoms with Gasteiger partial charge < -0.3 is 4.57 Å². The highest BCUT2D eigenvalue weighted by atomic mass is 15.0. The van der Waals surface area contributed by atoms with Crippen LogP contribution in [0.15, 0.2) is 225 Å². The van der Waals surface area contributed by atoms with E-state index in [-0.39, 0.29) is 0 Å². The van der Waals surface area contributed by atoms with Crippen molar-refractivity contribution >= 4 is 54.4 Å². The molecule has 284 valence electrons. The van der Waals surface area contributed by atoms with E-state index in [2.05, 4.69) is 223 Å². The summed E-state index contributed by atoms with van der Waals surface area (Å²) in [6.45, 7) is 0.